The minimum Gasteiger partial charge on any atom is -0.455 e. The summed E-state index contributed by atoms with van der Waals surface area (Å²) in [6, 6.07) is 19.6. The zero-order chi connectivity index (χ0) is 14.5. The number of benzene rings is 2. The summed E-state index contributed by atoms with van der Waals surface area (Å²) >= 11 is 0. The zero-order valence-electron chi connectivity index (χ0n) is 11.4. The average molecular weight is 277 g/mol. The summed E-state index contributed by atoms with van der Waals surface area (Å²) in [6.07, 6.45) is 3.26. The zero-order valence-corrected chi connectivity index (χ0v) is 11.4. The van der Waals surface area contributed by atoms with E-state index in [9.17, 15) is 5.11 Å². The van der Waals surface area contributed by atoms with Gasteiger partial charge in [0, 0.05) is 17.3 Å². The number of rotatable bonds is 4. The van der Waals surface area contributed by atoms with Gasteiger partial charge in [0.25, 0.3) is 0 Å². The Balaban J connectivity index is 2.00. The fourth-order valence-electron chi connectivity index (χ4n) is 2.16. The molecule has 3 heteroatoms. The van der Waals surface area contributed by atoms with Crippen LogP contribution in [0.1, 0.15) is 5.56 Å². The van der Waals surface area contributed by atoms with Crippen LogP contribution in [0.4, 0.5) is 0 Å². The Morgan fingerprint density at radius 3 is 2.43 bits per heavy atom. The second kappa shape index (κ2) is 6.20. The van der Waals surface area contributed by atoms with Crippen molar-refractivity contribution in [3.05, 3.63) is 78.6 Å². The van der Waals surface area contributed by atoms with E-state index in [0.717, 1.165) is 16.9 Å². The first-order valence-corrected chi connectivity index (χ1v) is 6.74. The van der Waals surface area contributed by atoms with Crippen molar-refractivity contribution in [1.82, 2.24) is 4.98 Å². The number of nitrogens with zero attached hydrogens (tertiary/aromatic N) is 1. The van der Waals surface area contributed by atoms with Gasteiger partial charge in [-0.3, -0.25) is 4.98 Å². The van der Waals surface area contributed by atoms with Gasteiger partial charge in [0.05, 0.1) is 12.8 Å². The summed E-state index contributed by atoms with van der Waals surface area (Å²) in [5, 5.41) is 9.38. The molecule has 1 heterocycles. The van der Waals surface area contributed by atoms with Gasteiger partial charge in [-0.15, -0.1) is 0 Å². The van der Waals surface area contributed by atoms with Crippen molar-refractivity contribution >= 4 is 0 Å². The SMILES string of the molecule is OCc1ccncc1Oc1ccccc1-c1ccccc1. The molecular formula is C18H15NO2. The Kier molecular flexibility index (Phi) is 3.94. The fourth-order valence-corrected chi connectivity index (χ4v) is 2.16. The first-order chi connectivity index (χ1) is 10.4. The fraction of sp³-hybridized carbons (Fsp3) is 0.0556. The van der Waals surface area contributed by atoms with Crippen molar-refractivity contribution in [3.8, 4) is 22.6 Å². The molecule has 0 amide bonds. The second-order valence-electron chi connectivity index (χ2n) is 4.61. The quantitative estimate of drug-likeness (QED) is 0.782. The Morgan fingerprint density at radius 2 is 1.62 bits per heavy atom. The number of ether oxygens (including phenoxy) is 1. The van der Waals surface area contributed by atoms with Crippen LogP contribution in [0, 0.1) is 0 Å². The summed E-state index contributed by atoms with van der Waals surface area (Å²) in [5.41, 5.74) is 2.81. The molecule has 3 aromatic rings. The van der Waals surface area contributed by atoms with E-state index in [4.69, 9.17) is 4.74 Å². The maximum atomic E-state index is 9.38. The van der Waals surface area contributed by atoms with Crippen LogP contribution in [-0.4, -0.2) is 10.1 Å². The predicted octanol–water partition coefficient (Wildman–Crippen LogP) is 4.03. The van der Waals surface area contributed by atoms with Crippen molar-refractivity contribution in [3.63, 3.8) is 0 Å². The van der Waals surface area contributed by atoms with Crippen molar-refractivity contribution in [2.45, 2.75) is 6.61 Å². The second-order valence-corrected chi connectivity index (χ2v) is 4.61. The molecule has 0 spiro atoms. The maximum Gasteiger partial charge on any atom is 0.151 e. The molecule has 0 saturated carbocycles. The van der Waals surface area contributed by atoms with Gasteiger partial charge in [0.1, 0.15) is 5.75 Å². The molecule has 3 nitrogen and oxygen atoms in total. The van der Waals surface area contributed by atoms with E-state index in [2.05, 4.69) is 4.98 Å². The van der Waals surface area contributed by atoms with Crippen LogP contribution in [0.5, 0.6) is 11.5 Å². The van der Waals surface area contributed by atoms with Crippen LogP contribution >= 0.6 is 0 Å². The summed E-state index contributed by atoms with van der Waals surface area (Å²) in [4.78, 5) is 4.06. The Morgan fingerprint density at radius 1 is 0.857 bits per heavy atom. The molecule has 0 aliphatic carbocycles. The van der Waals surface area contributed by atoms with E-state index in [1.807, 2.05) is 54.6 Å². The molecule has 0 aliphatic rings. The number of hydrogen-bond donors (Lipinski definition) is 1. The van der Waals surface area contributed by atoms with Crippen LogP contribution in [-0.2, 0) is 6.61 Å². The molecule has 1 aromatic heterocycles. The highest BCUT2D eigenvalue weighted by molar-refractivity contribution is 5.70. The number of pyridine rings is 1. The first-order valence-electron chi connectivity index (χ1n) is 6.74. The molecule has 0 fully saturated rings. The van der Waals surface area contributed by atoms with E-state index in [1.54, 1.807) is 18.5 Å². The normalized spacial score (nSPS) is 10.3. The van der Waals surface area contributed by atoms with E-state index in [1.165, 1.54) is 0 Å². The molecule has 0 unspecified atom stereocenters. The lowest BCUT2D eigenvalue weighted by atomic mass is 10.0. The van der Waals surface area contributed by atoms with E-state index in [-0.39, 0.29) is 6.61 Å². The smallest absolute Gasteiger partial charge is 0.151 e. The highest BCUT2D eigenvalue weighted by Crippen LogP contribution is 2.33. The third-order valence-electron chi connectivity index (χ3n) is 3.23. The number of hydrogen-bond acceptors (Lipinski definition) is 3. The van der Waals surface area contributed by atoms with E-state index in [0.29, 0.717) is 11.3 Å². The Bertz CT molecular complexity index is 726. The molecule has 0 radical (unpaired) electrons. The van der Waals surface area contributed by atoms with Gasteiger partial charge >= 0.3 is 0 Å². The van der Waals surface area contributed by atoms with Crippen LogP contribution < -0.4 is 4.74 Å². The molecule has 0 saturated heterocycles. The minimum absolute atomic E-state index is 0.0780. The van der Waals surface area contributed by atoms with Gasteiger partial charge < -0.3 is 9.84 Å². The molecule has 1 N–H and O–H groups in total. The third-order valence-corrected chi connectivity index (χ3v) is 3.23. The van der Waals surface area contributed by atoms with Crippen LogP contribution in [0.15, 0.2) is 73.1 Å². The van der Waals surface area contributed by atoms with Crippen LogP contribution in [0.2, 0.25) is 0 Å². The summed E-state index contributed by atoms with van der Waals surface area (Å²) in [5.74, 6) is 1.31. The van der Waals surface area contributed by atoms with Gasteiger partial charge in [-0.1, -0.05) is 48.5 Å². The average Bonchev–Trinajstić information content (AvgIpc) is 2.57. The van der Waals surface area contributed by atoms with Gasteiger partial charge in [-0.2, -0.15) is 0 Å². The topological polar surface area (TPSA) is 42.4 Å². The van der Waals surface area contributed by atoms with E-state index >= 15 is 0 Å². The molecule has 104 valence electrons. The van der Waals surface area contributed by atoms with Gasteiger partial charge in [0.2, 0.25) is 0 Å². The molecule has 0 aliphatic heterocycles. The largest absolute Gasteiger partial charge is 0.455 e. The highest BCUT2D eigenvalue weighted by Gasteiger charge is 2.09. The summed E-state index contributed by atoms with van der Waals surface area (Å²) in [6.45, 7) is -0.0780. The first kappa shape index (κ1) is 13.3. The van der Waals surface area contributed by atoms with Crippen LogP contribution in [0.3, 0.4) is 0 Å². The lowest BCUT2D eigenvalue weighted by Gasteiger charge is -2.13. The molecule has 2 aromatic carbocycles. The van der Waals surface area contributed by atoms with Gasteiger partial charge in [-0.25, -0.2) is 0 Å². The number of aliphatic hydroxyl groups is 1. The van der Waals surface area contributed by atoms with Gasteiger partial charge in [-0.05, 0) is 17.7 Å². The van der Waals surface area contributed by atoms with E-state index < -0.39 is 0 Å². The molecule has 0 atom stereocenters. The highest BCUT2D eigenvalue weighted by atomic mass is 16.5. The molecule has 21 heavy (non-hydrogen) atoms. The lowest BCUT2D eigenvalue weighted by molar-refractivity contribution is 0.276. The molecular weight excluding hydrogens is 262 g/mol. The van der Waals surface area contributed by atoms with Gasteiger partial charge in [0.15, 0.2) is 5.75 Å². The summed E-state index contributed by atoms with van der Waals surface area (Å²) < 4.78 is 5.96. The monoisotopic (exact) mass is 277 g/mol. The summed E-state index contributed by atoms with van der Waals surface area (Å²) in [7, 11) is 0. The standard InChI is InChI=1S/C18H15NO2/c20-13-15-10-11-19-12-18(15)21-17-9-5-4-8-16(17)14-6-2-1-3-7-14/h1-12,20H,13H2. The third kappa shape index (κ3) is 2.93. The number of aliphatic hydroxyl groups excluding tert-OH is 1. The molecule has 0 bridgehead atoms. The van der Waals surface area contributed by atoms with Crippen molar-refractivity contribution in [2.24, 2.45) is 0 Å². The predicted molar refractivity (Wildman–Crippen MR) is 82.1 cm³/mol. The Hall–Kier alpha value is -2.65. The lowest BCUT2D eigenvalue weighted by Crippen LogP contribution is -1.94. The number of para-hydroxylation sites is 1. The Labute approximate surface area is 123 Å². The molecule has 3 rings (SSSR count). The maximum absolute atomic E-state index is 9.38. The van der Waals surface area contributed by atoms with Crippen molar-refractivity contribution in [2.75, 3.05) is 0 Å². The minimum atomic E-state index is -0.0780. The van der Waals surface area contributed by atoms with Crippen molar-refractivity contribution in [1.29, 1.82) is 0 Å². The van der Waals surface area contributed by atoms with Crippen LogP contribution in [0.25, 0.3) is 11.1 Å². The van der Waals surface area contributed by atoms with Crippen molar-refractivity contribution < 1.29 is 9.84 Å². The number of aromatic nitrogens is 1.